The second-order valence-corrected chi connectivity index (χ2v) is 9.09. The fourth-order valence-electron chi connectivity index (χ4n) is 2.97. The number of primary sulfonamides is 1. The van der Waals surface area contributed by atoms with Crippen LogP contribution in [0.1, 0.15) is 103 Å². The summed E-state index contributed by atoms with van der Waals surface area (Å²) in [7, 11) is -3.27. The lowest BCUT2D eigenvalue weighted by molar-refractivity contribution is -0.141. The van der Waals surface area contributed by atoms with Crippen LogP contribution >= 0.6 is 0 Å². The summed E-state index contributed by atoms with van der Waals surface area (Å²) in [6, 6.07) is 0. The van der Waals surface area contributed by atoms with Gasteiger partial charge < -0.3 is 4.74 Å². The van der Waals surface area contributed by atoms with Crippen molar-refractivity contribution >= 4 is 16.0 Å². The van der Waals surface area contributed by atoms with Crippen molar-refractivity contribution in [3.8, 4) is 0 Å². The number of carbonyl (C=O) groups is 1. The molecule has 0 spiro atoms. The van der Waals surface area contributed by atoms with Crippen LogP contribution in [-0.2, 0) is 19.6 Å². The van der Waals surface area contributed by atoms with Crippen molar-refractivity contribution in [1.82, 2.24) is 0 Å². The van der Waals surface area contributed by atoms with Gasteiger partial charge in [-0.25, -0.2) is 13.6 Å². The van der Waals surface area contributed by atoms with E-state index in [-0.39, 0.29) is 11.7 Å². The van der Waals surface area contributed by atoms with Gasteiger partial charge in [0, 0.05) is 6.92 Å². The van der Waals surface area contributed by atoms with Gasteiger partial charge in [0.05, 0.1) is 12.4 Å². The Morgan fingerprint density at radius 2 is 1.15 bits per heavy atom. The summed E-state index contributed by atoms with van der Waals surface area (Å²) in [5, 5.41) is 4.97. The molecule has 0 aromatic heterocycles. The van der Waals surface area contributed by atoms with Crippen LogP contribution in [0, 0.1) is 0 Å². The molecule has 0 amide bonds. The number of hydrogen-bond acceptors (Lipinski definition) is 4. The van der Waals surface area contributed by atoms with E-state index < -0.39 is 10.0 Å². The van der Waals surface area contributed by atoms with Gasteiger partial charge in [-0.05, 0) is 44.9 Å². The average Bonchev–Trinajstić information content (AvgIpc) is 2.58. The number of rotatable bonds is 19. The van der Waals surface area contributed by atoms with E-state index in [0.29, 0.717) is 13.0 Å². The summed E-state index contributed by atoms with van der Waals surface area (Å²) in [4.78, 5) is 10.6. The molecule has 0 atom stereocenters. The third kappa shape index (κ3) is 25.1. The number of allylic oxidation sites excluding steroid dienone is 2. The molecule has 0 aromatic rings. The molecule has 0 radical (unpaired) electrons. The van der Waals surface area contributed by atoms with E-state index in [1.165, 1.54) is 64.7 Å². The van der Waals surface area contributed by atoms with Crippen molar-refractivity contribution in [2.45, 2.75) is 103 Å². The number of esters is 1. The standard InChI is InChI=1S/C21H41NO4S/c1-21(23)26-19-17-15-13-11-9-7-5-3-2-4-6-8-10-12-14-16-18-20-27(22,24)25/h7,9H,2-6,8,10-20H2,1H3,(H2,22,24,25). The van der Waals surface area contributed by atoms with Crippen LogP contribution < -0.4 is 5.14 Å². The molecule has 0 saturated heterocycles. The molecule has 0 fully saturated rings. The topological polar surface area (TPSA) is 86.5 Å². The molecule has 160 valence electrons. The van der Waals surface area contributed by atoms with Crippen LogP contribution in [0.2, 0.25) is 0 Å². The van der Waals surface area contributed by atoms with Crippen molar-refractivity contribution in [2.24, 2.45) is 5.14 Å². The molecule has 0 unspecified atom stereocenters. The van der Waals surface area contributed by atoms with Crippen molar-refractivity contribution in [2.75, 3.05) is 12.4 Å². The second kappa shape index (κ2) is 18.5. The number of sulfonamides is 1. The fourth-order valence-corrected chi connectivity index (χ4v) is 3.58. The van der Waals surface area contributed by atoms with Gasteiger partial charge in [0.25, 0.3) is 0 Å². The first kappa shape index (κ1) is 26.1. The van der Waals surface area contributed by atoms with Crippen LogP contribution in [0.5, 0.6) is 0 Å². The van der Waals surface area contributed by atoms with E-state index in [4.69, 9.17) is 9.88 Å². The van der Waals surface area contributed by atoms with Crippen LogP contribution in [0.15, 0.2) is 12.2 Å². The lowest BCUT2D eigenvalue weighted by Gasteiger charge is -2.02. The molecule has 0 aliphatic heterocycles. The zero-order valence-electron chi connectivity index (χ0n) is 17.3. The number of nitrogens with two attached hydrogens (primary N) is 1. The van der Waals surface area contributed by atoms with E-state index in [0.717, 1.165) is 32.1 Å². The molecular weight excluding hydrogens is 362 g/mol. The smallest absolute Gasteiger partial charge is 0.302 e. The number of ether oxygens (including phenoxy) is 1. The van der Waals surface area contributed by atoms with Gasteiger partial charge in [-0.15, -0.1) is 0 Å². The summed E-state index contributed by atoms with van der Waals surface area (Å²) in [6.07, 6.45) is 21.9. The Morgan fingerprint density at radius 1 is 0.741 bits per heavy atom. The Balaban J connectivity index is 3.15. The van der Waals surface area contributed by atoms with Gasteiger partial charge in [-0.1, -0.05) is 63.5 Å². The highest BCUT2D eigenvalue weighted by atomic mass is 32.2. The Bertz CT molecular complexity index is 475. The summed E-state index contributed by atoms with van der Waals surface area (Å²) in [6.45, 7) is 2.00. The van der Waals surface area contributed by atoms with Crippen LogP contribution in [-0.4, -0.2) is 26.7 Å². The van der Waals surface area contributed by atoms with Crippen LogP contribution in [0.25, 0.3) is 0 Å². The molecule has 0 heterocycles. The normalized spacial score (nSPS) is 11.9. The average molecular weight is 404 g/mol. The molecule has 27 heavy (non-hydrogen) atoms. The first-order chi connectivity index (χ1) is 12.9. The number of hydrogen-bond donors (Lipinski definition) is 1. The van der Waals surface area contributed by atoms with Crippen molar-refractivity contribution < 1.29 is 17.9 Å². The van der Waals surface area contributed by atoms with E-state index in [1.54, 1.807) is 0 Å². The minimum absolute atomic E-state index is 0.123. The molecule has 2 N–H and O–H groups in total. The number of carbonyl (C=O) groups excluding carboxylic acids is 1. The predicted molar refractivity (Wildman–Crippen MR) is 113 cm³/mol. The van der Waals surface area contributed by atoms with E-state index in [2.05, 4.69) is 12.2 Å². The fraction of sp³-hybridized carbons (Fsp3) is 0.857. The summed E-state index contributed by atoms with van der Waals surface area (Å²) in [5.41, 5.74) is 0. The largest absolute Gasteiger partial charge is 0.466 e. The molecule has 0 rings (SSSR count). The summed E-state index contributed by atoms with van der Waals surface area (Å²) >= 11 is 0. The van der Waals surface area contributed by atoms with Gasteiger partial charge in [-0.2, -0.15) is 0 Å². The molecule has 6 heteroatoms. The maximum atomic E-state index is 10.8. The van der Waals surface area contributed by atoms with Crippen LogP contribution in [0.4, 0.5) is 0 Å². The minimum Gasteiger partial charge on any atom is -0.466 e. The maximum absolute atomic E-state index is 10.8. The molecular formula is C21H41NO4S. The molecule has 5 nitrogen and oxygen atoms in total. The van der Waals surface area contributed by atoms with Gasteiger partial charge in [0.1, 0.15) is 0 Å². The summed E-state index contributed by atoms with van der Waals surface area (Å²) in [5.74, 6) is -0.0647. The third-order valence-corrected chi connectivity index (χ3v) is 5.39. The van der Waals surface area contributed by atoms with Gasteiger partial charge in [0.15, 0.2) is 0 Å². The molecule has 0 aliphatic rings. The maximum Gasteiger partial charge on any atom is 0.302 e. The van der Waals surface area contributed by atoms with Gasteiger partial charge >= 0.3 is 5.97 Å². The zero-order valence-corrected chi connectivity index (χ0v) is 18.1. The van der Waals surface area contributed by atoms with E-state index in [1.807, 2.05) is 0 Å². The Kier molecular flexibility index (Phi) is 17.9. The Hall–Kier alpha value is -0.880. The number of unbranched alkanes of at least 4 members (excludes halogenated alkanes) is 13. The first-order valence-corrected chi connectivity index (χ1v) is 12.4. The monoisotopic (exact) mass is 403 g/mol. The van der Waals surface area contributed by atoms with Crippen molar-refractivity contribution in [3.63, 3.8) is 0 Å². The SMILES string of the molecule is CC(=O)OCCCCCC=CCCCCCCCCCCCCS(N)(=O)=O. The quantitative estimate of drug-likeness (QED) is 0.181. The van der Waals surface area contributed by atoms with E-state index in [9.17, 15) is 13.2 Å². The molecule has 0 saturated carbocycles. The Morgan fingerprint density at radius 3 is 1.59 bits per heavy atom. The zero-order chi connectivity index (χ0) is 20.2. The van der Waals surface area contributed by atoms with Crippen LogP contribution in [0.3, 0.4) is 0 Å². The van der Waals surface area contributed by atoms with E-state index >= 15 is 0 Å². The Labute approximate surface area is 167 Å². The molecule has 0 bridgehead atoms. The lowest BCUT2D eigenvalue weighted by Crippen LogP contribution is -2.16. The van der Waals surface area contributed by atoms with Crippen molar-refractivity contribution in [3.05, 3.63) is 12.2 Å². The van der Waals surface area contributed by atoms with Crippen molar-refractivity contribution in [1.29, 1.82) is 0 Å². The summed E-state index contributed by atoms with van der Waals surface area (Å²) < 4.78 is 26.5. The highest BCUT2D eigenvalue weighted by Gasteiger charge is 2.01. The lowest BCUT2D eigenvalue weighted by atomic mass is 10.1. The predicted octanol–water partition coefficient (Wildman–Crippen LogP) is 5.25. The highest BCUT2D eigenvalue weighted by Crippen LogP contribution is 2.12. The highest BCUT2D eigenvalue weighted by molar-refractivity contribution is 7.89. The molecule has 0 aromatic carbocycles. The molecule has 0 aliphatic carbocycles. The van der Waals surface area contributed by atoms with Gasteiger partial charge in [0.2, 0.25) is 10.0 Å². The first-order valence-electron chi connectivity index (χ1n) is 10.7. The second-order valence-electron chi connectivity index (χ2n) is 7.35. The minimum atomic E-state index is -3.27. The third-order valence-electron chi connectivity index (χ3n) is 4.54. The van der Waals surface area contributed by atoms with Gasteiger partial charge in [-0.3, -0.25) is 4.79 Å².